The molecule has 0 saturated carbocycles. The van der Waals surface area contributed by atoms with Gasteiger partial charge < -0.3 is 14.8 Å². The lowest BCUT2D eigenvalue weighted by Crippen LogP contribution is -2.47. The van der Waals surface area contributed by atoms with Crippen LogP contribution in [0.15, 0.2) is 42.5 Å². The Morgan fingerprint density at radius 1 is 1.00 bits per heavy atom. The molecule has 2 aromatic carbocycles. The third-order valence-corrected chi connectivity index (χ3v) is 3.85. The van der Waals surface area contributed by atoms with Gasteiger partial charge in [0, 0.05) is 5.56 Å². The number of carbonyl (C=O) groups excluding carboxylic acids is 2. The molecule has 1 aliphatic rings. The molecule has 7 heteroatoms. The zero-order chi connectivity index (χ0) is 17.8. The van der Waals surface area contributed by atoms with Gasteiger partial charge in [0.15, 0.2) is 11.5 Å². The van der Waals surface area contributed by atoms with Crippen molar-refractivity contribution in [3.63, 3.8) is 0 Å². The van der Waals surface area contributed by atoms with Gasteiger partial charge in [0.2, 0.25) is 6.79 Å². The fraction of sp³-hybridized carbons (Fsp3) is 0.222. The average Bonchev–Trinajstić information content (AvgIpc) is 3.08. The number of ether oxygens (including phenoxy) is 2. The van der Waals surface area contributed by atoms with Crippen LogP contribution in [0.25, 0.3) is 0 Å². The molecule has 0 bridgehead atoms. The van der Waals surface area contributed by atoms with Gasteiger partial charge in [-0.2, -0.15) is 0 Å². The third kappa shape index (κ3) is 4.00. The highest BCUT2D eigenvalue weighted by Crippen LogP contribution is 2.34. The number of hydrogen-bond acceptors (Lipinski definition) is 4. The van der Waals surface area contributed by atoms with Gasteiger partial charge in [-0.25, -0.2) is 10.2 Å². The van der Waals surface area contributed by atoms with E-state index in [9.17, 15) is 9.59 Å². The summed E-state index contributed by atoms with van der Waals surface area (Å²) >= 11 is 0. The van der Waals surface area contributed by atoms with Crippen LogP contribution in [0.5, 0.6) is 11.5 Å². The van der Waals surface area contributed by atoms with Crippen molar-refractivity contribution in [3.8, 4) is 11.5 Å². The van der Waals surface area contributed by atoms with Gasteiger partial charge in [-0.05, 0) is 43.7 Å². The Morgan fingerprint density at radius 3 is 2.48 bits per heavy atom. The Bertz CT molecular complexity index is 789. The summed E-state index contributed by atoms with van der Waals surface area (Å²) in [4.78, 5) is 23.9. The second-order valence-electron chi connectivity index (χ2n) is 5.75. The quantitative estimate of drug-likeness (QED) is 0.748. The number of nitrogens with one attached hydrogen (secondary N) is 3. The summed E-state index contributed by atoms with van der Waals surface area (Å²) in [5, 5.41) is 2.74. The maximum atomic E-state index is 12.0. The molecule has 1 unspecified atom stereocenters. The van der Waals surface area contributed by atoms with Crippen molar-refractivity contribution >= 4 is 11.9 Å². The van der Waals surface area contributed by atoms with Crippen LogP contribution >= 0.6 is 0 Å². The lowest BCUT2D eigenvalue weighted by Gasteiger charge is -2.16. The van der Waals surface area contributed by atoms with Crippen molar-refractivity contribution in [2.75, 3.05) is 6.79 Å². The number of benzene rings is 2. The normalized spacial score (nSPS) is 13.0. The van der Waals surface area contributed by atoms with E-state index in [1.54, 1.807) is 18.2 Å². The average molecular weight is 341 g/mol. The summed E-state index contributed by atoms with van der Waals surface area (Å²) < 4.78 is 10.6. The SMILES string of the molecule is Cc1ccc(C(=O)NNC(=O)NC(C)c2ccc3c(c2)OCO3)cc1. The second kappa shape index (κ2) is 7.12. The maximum absolute atomic E-state index is 12.0. The molecule has 7 nitrogen and oxygen atoms in total. The largest absolute Gasteiger partial charge is 0.454 e. The van der Waals surface area contributed by atoms with E-state index >= 15 is 0 Å². The first-order chi connectivity index (χ1) is 12.0. The van der Waals surface area contributed by atoms with Crippen LogP contribution in [0.1, 0.15) is 34.5 Å². The summed E-state index contributed by atoms with van der Waals surface area (Å²) in [7, 11) is 0. The van der Waals surface area contributed by atoms with Gasteiger partial charge in [0.1, 0.15) is 0 Å². The molecule has 1 heterocycles. The molecule has 3 N–H and O–H groups in total. The minimum Gasteiger partial charge on any atom is -0.454 e. The van der Waals surface area contributed by atoms with Crippen molar-refractivity contribution in [1.29, 1.82) is 0 Å². The van der Waals surface area contributed by atoms with Gasteiger partial charge in [-0.15, -0.1) is 0 Å². The zero-order valence-electron chi connectivity index (χ0n) is 14.0. The summed E-state index contributed by atoms with van der Waals surface area (Å²) in [5.41, 5.74) is 7.10. The first kappa shape index (κ1) is 16.6. The highest BCUT2D eigenvalue weighted by Gasteiger charge is 2.17. The van der Waals surface area contributed by atoms with E-state index in [0.717, 1.165) is 11.1 Å². The molecular weight excluding hydrogens is 322 g/mol. The molecule has 1 aliphatic heterocycles. The second-order valence-corrected chi connectivity index (χ2v) is 5.75. The van der Waals surface area contributed by atoms with E-state index in [0.29, 0.717) is 17.1 Å². The van der Waals surface area contributed by atoms with Crippen molar-refractivity contribution < 1.29 is 19.1 Å². The van der Waals surface area contributed by atoms with E-state index in [-0.39, 0.29) is 18.7 Å². The lowest BCUT2D eigenvalue weighted by molar-refractivity contribution is 0.0936. The number of carbonyl (C=O) groups is 2. The fourth-order valence-corrected chi connectivity index (χ4v) is 2.39. The van der Waals surface area contributed by atoms with Gasteiger partial charge in [-0.1, -0.05) is 23.8 Å². The summed E-state index contributed by atoms with van der Waals surface area (Å²) in [6.45, 7) is 3.97. The number of aryl methyl sites for hydroxylation is 1. The summed E-state index contributed by atoms with van der Waals surface area (Å²) in [5.74, 6) is 0.955. The Morgan fingerprint density at radius 2 is 1.72 bits per heavy atom. The number of urea groups is 1. The molecule has 0 fully saturated rings. The van der Waals surface area contributed by atoms with Crippen molar-refractivity contribution in [2.45, 2.75) is 19.9 Å². The smallest absolute Gasteiger partial charge is 0.333 e. The van der Waals surface area contributed by atoms with Crippen molar-refractivity contribution in [3.05, 3.63) is 59.2 Å². The van der Waals surface area contributed by atoms with Crippen LogP contribution in [-0.4, -0.2) is 18.7 Å². The molecule has 2 aromatic rings. The topological polar surface area (TPSA) is 88.7 Å². The minimum absolute atomic E-state index is 0.201. The molecule has 0 saturated heterocycles. The van der Waals surface area contributed by atoms with Gasteiger partial charge in [0.25, 0.3) is 5.91 Å². The Kier molecular flexibility index (Phi) is 4.74. The standard InChI is InChI=1S/C18H19N3O4/c1-11-3-5-13(6-4-11)17(22)20-21-18(23)19-12(2)14-7-8-15-16(9-14)25-10-24-15/h3-9,12H,10H2,1-2H3,(H,20,22)(H2,19,21,23). The molecule has 0 aliphatic carbocycles. The molecule has 3 amide bonds. The van der Waals surface area contributed by atoms with Gasteiger partial charge in [0.05, 0.1) is 6.04 Å². The van der Waals surface area contributed by atoms with Gasteiger partial charge >= 0.3 is 6.03 Å². The molecule has 0 aromatic heterocycles. The van der Waals surface area contributed by atoms with Crippen molar-refractivity contribution in [2.24, 2.45) is 0 Å². The Balaban J connectivity index is 1.52. The van der Waals surface area contributed by atoms with Crippen LogP contribution in [0.2, 0.25) is 0 Å². The van der Waals surface area contributed by atoms with Crippen molar-refractivity contribution in [1.82, 2.24) is 16.2 Å². The number of hydrazine groups is 1. The maximum Gasteiger partial charge on any atom is 0.333 e. The lowest BCUT2D eigenvalue weighted by atomic mass is 10.1. The Labute approximate surface area is 145 Å². The van der Waals surface area contributed by atoms with E-state index in [4.69, 9.17) is 9.47 Å². The zero-order valence-corrected chi connectivity index (χ0v) is 14.0. The summed E-state index contributed by atoms with van der Waals surface area (Å²) in [6.07, 6.45) is 0. The van der Waals surface area contributed by atoms with Crippen LogP contribution < -0.4 is 25.6 Å². The first-order valence-electron chi connectivity index (χ1n) is 7.86. The highest BCUT2D eigenvalue weighted by molar-refractivity contribution is 5.95. The predicted molar refractivity (Wildman–Crippen MR) is 91.3 cm³/mol. The highest BCUT2D eigenvalue weighted by atomic mass is 16.7. The van der Waals surface area contributed by atoms with Crippen LogP contribution in [0.4, 0.5) is 4.79 Å². The molecule has 25 heavy (non-hydrogen) atoms. The molecule has 130 valence electrons. The minimum atomic E-state index is -0.509. The predicted octanol–water partition coefficient (Wildman–Crippen LogP) is 2.43. The van der Waals surface area contributed by atoms with E-state index < -0.39 is 6.03 Å². The van der Waals surface area contributed by atoms with E-state index in [2.05, 4.69) is 16.2 Å². The van der Waals surface area contributed by atoms with Crippen LogP contribution in [0.3, 0.4) is 0 Å². The molecule has 0 spiro atoms. The first-order valence-corrected chi connectivity index (χ1v) is 7.86. The third-order valence-electron chi connectivity index (χ3n) is 3.85. The monoisotopic (exact) mass is 341 g/mol. The molecule has 3 rings (SSSR count). The Hall–Kier alpha value is -3.22. The molecular formula is C18H19N3O4. The van der Waals surface area contributed by atoms with Crippen LogP contribution in [0, 0.1) is 6.92 Å². The number of fused-ring (bicyclic) bond motifs is 1. The number of rotatable bonds is 3. The fourth-order valence-electron chi connectivity index (χ4n) is 2.39. The summed E-state index contributed by atoms with van der Waals surface area (Å²) in [6, 6.07) is 11.7. The number of amides is 3. The van der Waals surface area contributed by atoms with Crippen LogP contribution in [-0.2, 0) is 0 Å². The molecule has 1 atom stereocenters. The van der Waals surface area contributed by atoms with Gasteiger partial charge in [-0.3, -0.25) is 10.2 Å². The van der Waals surface area contributed by atoms with E-state index in [1.807, 2.05) is 38.1 Å². The van der Waals surface area contributed by atoms with E-state index in [1.165, 1.54) is 0 Å². The number of hydrogen-bond donors (Lipinski definition) is 3. The molecule has 0 radical (unpaired) electrons.